The average Bonchev–Trinajstić information content (AvgIpc) is 2.78. The summed E-state index contributed by atoms with van der Waals surface area (Å²) in [5.41, 5.74) is 3.28. The van der Waals surface area contributed by atoms with Crippen molar-refractivity contribution in [2.75, 3.05) is 23.4 Å². The maximum atomic E-state index is 13.2. The summed E-state index contributed by atoms with van der Waals surface area (Å²) in [4.78, 5) is 21.6. The SMILES string of the molecule is CC1CCN(C)c2ccccc2N1C(=O)c1nnc2ccccc2n1. The van der Waals surface area contributed by atoms with Crippen molar-refractivity contribution in [1.82, 2.24) is 15.2 Å². The molecule has 0 fully saturated rings. The molecule has 0 radical (unpaired) electrons. The molecule has 2 aromatic carbocycles. The Labute approximate surface area is 146 Å². The number of benzene rings is 2. The third kappa shape index (κ3) is 2.69. The number of carbonyl (C=O) groups is 1. The van der Waals surface area contributed by atoms with Crippen molar-refractivity contribution in [3.63, 3.8) is 0 Å². The fourth-order valence-corrected chi connectivity index (χ4v) is 3.25. The van der Waals surface area contributed by atoms with E-state index in [1.165, 1.54) is 0 Å². The molecule has 1 unspecified atom stereocenters. The Kier molecular flexibility index (Phi) is 3.80. The molecule has 0 spiro atoms. The van der Waals surface area contributed by atoms with Crippen LogP contribution < -0.4 is 9.80 Å². The molecule has 1 amide bonds. The molecular weight excluding hydrogens is 314 g/mol. The highest BCUT2D eigenvalue weighted by atomic mass is 16.2. The number of para-hydroxylation sites is 3. The average molecular weight is 333 g/mol. The van der Waals surface area contributed by atoms with Crippen LogP contribution in [0.2, 0.25) is 0 Å². The summed E-state index contributed by atoms with van der Waals surface area (Å²) < 4.78 is 0. The zero-order valence-electron chi connectivity index (χ0n) is 14.3. The van der Waals surface area contributed by atoms with Gasteiger partial charge in [-0.2, -0.15) is 0 Å². The van der Waals surface area contributed by atoms with Crippen molar-refractivity contribution < 1.29 is 4.79 Å². The highest BCUT2D eigenvalue weighted by Gasteiger charge is 2.30. The Morgan fingerprint density at radius 3 is 2.48 bits per heavy atom. The van der Waals surface area contributed by atoms with Gasteiger partial charge in [-0.05, 0) is 37.6 Å². The summed E-state index contributed by atoms with van der Waals surface area (Å²) in [5.74, 6) is -0.0848. The van der Waals surface area contributed by atoms with E-state index >= 15 is 0 Å². The van der Waals surface area contributed by atoms with E-state index < -0.39 is 0 Å². The van der Waals surface area contributed by atoms with E-state index in [1.807, 2.05) is 55.6 Å². The first kappa shape index (κ1) is 15.5. The molecule has 6 nitrogen and oxygen atoms in total. The van der Waals surface area contributed by atoms with E-state index in [-0.39, 0.29) is 17.8 Å². The van der Waals surface area contributed by atoms with Crippen molar-refractivity contribution in [3.8, 4) is 0 Å². The molecule has 0 saturated carbocycles. The van der Waals surface area contributed by atoms with Crippen LogP contribution in [0.15, 0.2) is 48.5 Å². The molecule has 1 aliphatic heterocycles. The van der Waals surface area contributed by atoms with Gasteiger partial charge >= 0.3 is 0 Å². The van der Waals surface area contributed by atoms with Crippen LogP contribution >= 0.6 is 0 Å². The molecule has 0 saturated heterocycles. The minimum Gasteiger partial charge on any atom is -0.373 e. The maximum absolute atomic E-state index is 13.2. The van der Waals surface area contributed by atoms with Gasteiger partial charge in [-0.1, -0.05) is 24.3 Å². The second kappa shape index (κ2) is 6.12. The molecular formula is C19H19N5O. The molecule has 2 heterocycles. The molecule has 1 atom stereocenters. The van der Waals surface area contributed by atoms with Gasteiger partial charge in [-0.3, -0.25) is 4.79 Å². The zero-order valence-corrected chi connectivity index (χ0v) is 14.3. The topological polar surface area (TPSA) is 62.2 Å². The fraction of sp³-hybridized carbons (Fsp3) is 0.263. The van der Waals surface area contributed by atoms with Gasteiger partial charge in [-0.15, -0.1) is 10.2 Å². The number of hydrogen-bond acceptors (Lipinski definition) is 5. The monoisotopic (exact) mass is 333 g/mol. The van der Waals surface area contributed by atoms with E-state index in [0.29, 0.717) is 11.0 Å². The number of nitrogens with zero attached hydrogens (tertiary/aromatic N) is 5. The molecule has 1 aromatic heterocycles. The number of amides is 1. The van der Waals surface area contributed by atoms with E-state index in [2.05, 4.69) is 27.0 Å². The molecule has 0 N–H and O–H groups in total. The summed E-state index contributed by atoms with van der Waals surface area (Å²) in [6.45, 7) is 2.95. The second-order valence-electron chi connectivity index (χ2n) is 6.35. The molecule has 1 aliphatic rings. The van der Waals surface area contributed by atoms with E-state index in [0.717, 1.165) is 24.3 Å². The quantitative estimate of drug-likeness (QED) is 0.685. The largest absolute Gasteiger partial charge is 0.373 e. The Morgan fingerprint density at radius 1 is 1.00 bits per heavy atom. The fourth-order valence-electron chi connectivity index (χ4n) is 3.25. The standard InChI is InChI=1S/C19H19N5O/c1-13-11-12-23(2)16-9-5-6-10-17(16)24(13)19(25)18-20-14-7-3-4-8-15(14)21-22-18/h3-10,13H,11-12H2,1-2H3. The van der Waals surface area contributed by atoms with Gasteiger partial charge in [0.05, 0.1) is 16.9 Å². The van der Waals surface area contributed by atoms with Crippen LogP contribution in [0.25, 0.3) is 11.0 Å². The minimum atomic E-state index is -0.214. The Balaban J connectivity index is 1.80. The maximum Gasteiger partial charge on any atom is 0.298 e. The first-order valence-electron chi connectivity index (χ1n) is 8.38. The van der Waals surface area contributed by atoms with Crippen LogP contribution in [0.4, 0.5) is 11.4 Å². The van der Waals surface area contributed by atoms with Crippen LogP contribution in [-0.2, 0) is 0 Å². The summed E-state index contributed by atoms with van der Waals surface area (Å²) in [7, 11) is 2.05. The van der Waals surface area contributed by atoms with Crippen molar-refractivity contribution in [3.05, 3.63) is 54.4 Å². The number of anilines is 2. The summed E-state index contributed by atoms with van der Waals surface area (Å²) in [6.07, 6.45) is 0.873. The highest BCUT2D eigenvalue weighted by Crippen LogP contribution is 2.34. The number of aromatic nitrogens is 3. The predicted octanol–water partition coefficient (Wildman–Crippen LogP) is 2.90. The minimum absolute atomic E-state index is 0.0497. The Hall–Kier alpha value is -3.02. The number of fused-ring (bicyclic) bond motifs is 2. The van der Waals surface area contributed by atoms with Crippen molar-refractivity contribution in [2.24, 2.45) is 0 Å². The van der Waals surface area contributed by atoms with Crippen molar-refractivity contribution in [1.29, 1.82) is 0 Å². The Bertz CT molecular complexity index is 942. The molecule has 4 rings (SSSR count). The van der Waals surface area contributed by atoms with Gasteiger partial charge in [0.25, 0.3) is 5.91 Å². The zero-order chi connectivity index (χ0) is 17.4. The molecule has 126 valence electrons. The number of carbonyl (C=O) groups excluding carboxylic acids is 1. The molecule has 0 bridgehead atoms. The highest BCUT2D eigenvalue weighted by molar-refractivity contribution is 6.06. The lowest BCUT2D eigenvalue weighted by molar-refractivity contribution is 0.0967. The van der Waals surface area contributed by atoms with Crippen LogP contribution in [0.5, 0.6) is 0 Å². The lowest BCUT2D eigenvalue weighted by atomic mass is 10.1. The van der Waals surface area contributed by atoms with E-state index in [1.54, 1.807) is 4.90 Å². The van der Waals surface area contributed by atoms with Gasteiger partial charge in [0.15, 0.2) is 0 Å². The second-order valence-corrected chi connectivity index (χ2v) is 6.35. The smallest absolute Gasteiger partial charge is 0.298 e. The lowest BCUT2D eigenvalue weighted by Gasteiger charge is -2.27. The molecule has 0 aliphatic carbocycles. The number of rotatable bonds is 1. The first-order chi connectivity index (χ1) is 12.1. The van der Waals surface area contributed by atoms with Gasteiger partial charge in [0.1, 0.15) is 5.52 Å². The normalized spacial score (nSPS) is 17.3. The van der Waals surface area contributed by atoms with Crippen LogP contribution in [-0.4, -0.2) is 40.7 Å². The molecule has 25 heavy (non-hydrogen) atoms. The van der Waals surface area contributed by atoms with Crippen LogP contribution in [0, 0.1) is 0 Å². The van der Waals surface area contributed by atoms with Crippen molar-refractivity contribution >= 4 is 28.3 Å². The predicted molar refractivity (Wildman–Crippen MR) is 97.9 cm³/mol. The first-order valence-corrected chi connectivity index (χ1v) is 8.38. The van der Waals surface area contributed by atoms with Gasteiger partial charge < -0.3 is 9.80 Å². The lowest BCUT2D eigenvalue weighted by Crippen LogP contribution is -2.39. The van der Waals surface area contributed by atoms with Crippen LogP contribution in [0.1, 0.15) is 24.0 Å². The molecule has 3 aromatic rings. The van der Waals surface area contributed by atoms with Crippen LogP contribution in [0.3, 0.4) is 0 Å². The third-order valence-electron chi connectivity index (χ3n) is 4.65. The summed E-state index contributed by atoms with van der Waals surface area (Å²) in [5, 5.41) is 8.22. The third-order valence-corrected chi connectivity index (χ3v) is 4.65. The van der Waals surface area contributed by atoms with E-state index in [9.17, 15) is 4.79 Å². The summed E-state index contributed by atoms with van der Waals surface area (Å²) in [6, 6.07) is 15.4. The van der Waals surface area contributed by atoms with Gasteiger partial charge in [0, 0.05) is 19.6 Å². The Morgan fingerprint density at radius 2 is 1.68 bits per heavy atom. The van der Waals surface area contributed by atoms with Crippen molar-refractivity contribution in [2.45, 2.75) is 19.4 Å². The van der Waals surface area contributed by atoms with Gasteiger partial charge in [0.2, 0.25) is 5.82 Å². The van der Waals surface area contributed by atoms with Gasteiger partial charge in [-0.25, -0.2) is 4.98 Å². The molecule has 6 heteroatoms. The number of hydrogen-bond donors (Lipinski definition) is 0. The summed E-state index contributed by atoms with van der Waals surface area (Å²) >= 11 is 0. The van der Waals surface area contributed by atoms with E-state index in [4.69, 9.17) is 0 Å².